The molecule has 0 bridgehead atoms. The average Bonchev–Trinajstić information content (AvgIpc) is 2.77. The number of rotatable bonds is 4. The summed E-state index contributed by atoms with van der Waals surface area (Å²) in [6, 6.07) is 19.5. The van der Waals surface area contributed by atoms with Gasteiger partial charge in [0.15, 0.2) is 0 Å². The molecule has 1 aromatic heterocycles. The zero-order valence-corrected chi connectivity index (χ0v) is 15.5. The second-order valence-corrected chi connectivity index (χ2v) is 6.55. The van der Waals surface area contributed by atoms with Gasteiger partial charge in [-0.05, 0) is 29.8 Å². The lowest BCUT2D eigenvalue weighted by atomic mass is 10.1. The number of amides is 2. The van der Waals surface area contributed by atoms with Gasteiger partial charge in [0.25, 0.3) is 0 Å². The number of urea groups is 1. The summed E-state index contributed by atoms with van der Waals surface area (Å²) in [4.78, 5) is 29.8. The molecule has 2 heterocycles. The molecule has 1 aliphatic rings. The molecule has 2 N–H and O–H groups in total. The highest BCUT2D eigenvalue weighted by Gasteiger charge is 2.25. The van der Waals surface area contributed by atoms with Crippen molar-refractivity contribution in [3.8, 4) is 17.1 Å². The zero-order chi connectivity index (χ0) is 20.2. The van der Waals surface area contributed by atoms with E-state index in [1.807, 2.05) is 30.3 Å². The maximum Gasteiger partial charge on any atom is 0.335 e. The fourth-order valence-electron chi connectivity index (χ4n) is 3.12. The summed E-state index contributed by atoms with van der Waals surface area (Å²) in [5, 5.41) is 11.9. The fourth-order valence-corrected chi connectivity index (χ4v) is 3.12. The number of ether oxygens (including phenoxy) is 1. The largest absolute Gasteiger partial charge is 0.478 e. The lowest BCUT2D eigenvalue weighted by molar-refractivity contribution is 0.0697. The van der Waals surface area contributed by atoms with Gasteiger partial charge < -0.3 is 15.2 Å². The topological polar surface area (TPSA) is 91.8 Å². The van der Waals surface area contributed by atoms with Crippen LogP contribution in [0.3, 0.4) is 0 Å². The number of carboxylic acid groups (broad SMARTS) is 1. The minimum Gasteiger partial charge on any atom is -0.478 e. The summed E-state index contributed by atoms with van der Waals surface area (Å²) in [7, 11) is 0. The summed E-state index contributed by atoms with van der Waals surface area (Å²) < 4.78 is 5.66. The van der Waals surface area contributed by atoms with Crippen LogP contribution in [0.1, 0.15) is 15.9 Å². The van der Waals surface area contributed by atoms with E-state index in [0.717, 1.165) is 11.1 Å². The third-order valence-corrected chi connectivity index (χ3v) is 4.64. The van der Waals surface area contributed by atoms with Gasteiger partial charge in [0.05, 0.1) is 17.8 Å². The number of carboxylic acids is 1. The van der Waals surface area contributed by atoms with E-state index in [0.29, 0.717) is 37.0 Å². The zero-order valence-electron chi connectivity index (χ0n) is 15.5. The van der Waals surface area contributed by atoms with Gasteiger partial charge in [-0.25, -0.2) is 14.6 Å². The molecule has 3 aromatic rings. The second-order valence-electron chi connectivity index (χ2n) is 6.55. The molecular formula is C22H19N3O4. The van der Waals surface area contributed by atoms with Crippen molar-refractivity contribution >= 4 is 17.7 Å². The molecule has 0 saturated heterocycles. The van der Waals surface area contributed by atoms with Gasteiger partial charge in [0, 0.05) is 12.1 Å². The molecule has 0 radical (unpaired) electrons. The van der Waals surface area contributed by atoms with Crippen LogP contribution in [-0.2, 0) is 6.54 Å². The number of nitrogens with zero attached hydrogens (tertiary/aromatic N) is 2. The molecule has 2 aromatic carbocycles. The highest BCUT2D eigenvalue weighted by Crippen LogP contribution is 2.32. The van der Waals surface area contributed by atoms with Crippen LogP contribution < -0.4 is 15.0 Å². The lowest BCUT2D eigenvalue weighted by Crippen LogP contribution is -2.44. The molecule has 0 fully saturated rings. The van der Waals surface area contributed by atoms with Gasteiger partial charge in [0.1, 0.15) is 12.3 Å². The fraction of sp³-hybridized carbons (Fsp3) is 0.136. The Morgan fingerprint density at radius 3 is 2.52 bits per heavy atom. The van der Waals surface area contributed by atoms with Crippen molar-refractivity contribution in [3.63, 3.8) is 0 Å². The minimum atomic E-state index is -0.976. The van der Waals surface area contributed by atoms with Crippen LogP contribution in [0.4, 0.5) is 10.5 Å². The third kappa shape index (κ3) is 4.03. The second kappa shape index (κ2) is 8.02. The molecule has 2 amide bonds. The van der Waals surface area contributed by atoms with Crippen LogP contribution in [0, 0.1) is 0 Å². The predicted octanol–water partition coefficient (Wildman–Crippen LogP) is 3.56. The van der Waals surface area contributed by atoms with Crippen molar-refractivity contribution in [3.05, 3.63) is 77.9 Å². The van der Waals surface area contributed by atoms with E-state index in [-0.39, 0.29) is 11.6 Å². The van der Waals surface area contributed by atoms with E-state index in [1.165, 1.54) is 12.1 Å². The van der Waals surface area contributed by atoms with Gasteiger partial charge >= 0.3 is 12.0 Å². The van der Waals surface area contributed by atoms with Crippen LogP contribution in [0.25, 0.3) is 11.3 Å². The predicted molar refractivity (Wildman–Crippen MR) is 108 cm³/mol. The first-order valence-electron chi connectivity index (χ1n) is 9.19. The molecule has 0 aliphatic carbocycles. The van der Waals surface area contributed by atoms with E-state index in [4.69, 9.17) is 9.84 Å². The molecule has 7 heteroatoms. The Balaban J connectivity index is 1.52. The van der Waals surface area contributed by atoms with Gasteiger partial charge in [-0.15, -0.1) is 0 Å². The Hall–Kier alpha value is -3.87. The molecule has 0 saturated carbocycles. The molecular weight excluding hydrogens is 370 g/mol. The van der Waals surface area contributed by atoms with Gasteiger partial charge in [-0.3, -0.25) is 4.90 Å². The summed E-state index contributed by atoms with van der Waals surface area (Å²) in [6.45, 7) is 1.22. The maximum atomic E-state index is 12.7. The van der Waals surface area contributed by atoms with Crippen molar-refractivity contribution in [1.82, 2.24) is 10.3 Å². The Labute approximate surface area is 167 Å². The number of hydrogen-bond acceptors (Lipinski definition) is 4. The van der Waals surface area contributed by atoms with E-state index >= 15 is 0 Å². The molecule has 1 aliphatic heterocycles. The van der Waals surface area contributed by atoms with Crippen LogP contribution >= 0.6 is 0 Å². The van der Waals surface area contributed by atoms with Crippen molar-refractivity contribution in [2.45, 2.75) is 6.54 Å². The summed E-state index contributed by atoms with van der Waals surface area (Å²) in [5.74, 6) is -0.596. The molecule has 7 nitrogen and oxygen atoms in total. The van der Waals surface area contributed by atoms with Gasteiger partial charge in [0.2, 0.25) is 5.88 Å². The average molecular weight is 389 g/mol. The summed E-state index contributed by atoms with van der Waals surface area (Å²) >= 11 is 0. The Kier molecular flexibility index (Phi) is 5.11. The minimum absolute atomic E-state index is 0.209. The molecule has 0 unspecified atom stereocenters. The van der Waals surface area contributed by atoms with Crippen LogP contribution in [0.2, 0.25) is 0 Å². The van der Waals surface area contributed by atoms with E-state index in [9.17, 15) is 9.59 Å². The molecule has 4 rings (SSSR count). The first-order valence-corrected chi connectivity index (χ1v) is 9.19. The van der Waals surface area contributed by atoms with E-state index < -0.39 is 5.97 Å². The van der Waals surface area contributed by atoms with Crippen molar-refractivity contribution in [2.75, 3.05) is 18.1 Å². The van der Waals surface area contributed by atoms with Crippen LogP contribution in [0.15, 0.2) is 66.7 Å². The van der Waals surface area contributed by atoms with Crippen molar-refractivity contribution < 1.29 is 19.4 Å². The Bertz CT molecular complexity index is 1040. The number of aromatic nitrogens is 1. The SMILES string of the molecule is O=C(O)c1ccc(-c2ccc3c(n2)OCCN3C(=O)NCc2ccccc2)cc1. The quantitative estimate of drug-likeness (QED) is 0.712. The number of aromatic carboxylic acids is 1. The highest BCUT2D eigenvalue weighted by atomic mass is 16.5. The number of nitrogens with one attached hydrogen (secondary N) is 1. The molecule has 0 atom stereocenters. The molecule has 29 heavy (non-hydrogen) atoms. The Morgan fingerprint density at radius 2 is 1.79 bits per heavy atom. The number of carbonyl (C=O) groups is 2. The molecule has 0 spiro atoms. The lowest BCUT2D eigenvalue weighted by Gasteiger charge is -2.29. The number of benzene rings is 2. The number of pyridine rings is 1. The third-order valence-electron chi connectivity index (χ3n) is 4.64. The highest BCUT2D eigenvalue weighted by molar-refractivity contribution is 5.94. The number of hydrogen-bond donors (Lipinski definition) is 2. The molecule has 146 valence electrons. The van der Waals surface area contributed by atoms with Crippen LogP contribution in [-0.4, -0.2) is 35.2 Å². The normalized spacial score (nSPS) is 12.6. The number of fused-ring (bicyclic) bond motifs is 1. The van der Waals surface area contributed by atoms with Crippen molar-refractivity contribution in [2.24, 2.45) is 0 Å². The first-order chi connectivity index (χ1) is 14.1. The van der Waals surface area contributed by atoms with E-state index in [1.54, 1.807) is 29.2 Å². The van der Waals surface area contributed by atoms with Crippen LogP contribution in [0.5, 0.6) is 5.88 Å². The van der Waals surface area contributed by atoms with Gasteiger partial charge in [-0.1, -0.05) is 42.5 Å². The summed E-state index contributed by atoms with van der Waals surface area (Å²) in [6.07, 6.45) is 0. The smallest absolute Gasteiger partial charge is 0.335 e. The summed E-state index contributed by atoms with van der Waals surface area (Å²) in [5.41, 5.74) is 3.25. The maximum absolute atomic E-state index is 12.7. The van der Waals surface area contributed by atoms with Gasteiger partial charge in [-0.2, -0.15) is 0 Å². The first kappa shape index (κ1) is 18.5. The van der Waals surface area contributed by atoms with E-state index in [2.05, 4.69) is 10.3 Å². The number of anilines is 1. The monoisotopic (exact) mass is 389 g/mol. The van der Waals surface area contributed by atoms with Crippen molar-refractivity contribution in [1.29, 1.82) is 0 Å². The number of carbonyl (C=O) groups excluding carboxylic acids is 1. The standard InChI is InChI=1S/C22H19N3O4/c26-21(27)17-8-6-16(7-9-17)18-10-11-19-20(24-18)29-13-12-25(19)22(28)23-14-15-4-2-1-3-5-15/h1-11H,12-14H2,(H,23,28)(H,26,27). The Morgan fingerprint density at radius 1 is 1.03 bits per heavy atom.